The second-order valence-corrected chi connectivity index (χ2v) is 21.3. The molecule has 0 rings (SSSR count). The molecule has 73 heavy (non-hydrogen) atoms. The fourth-order valence-electron chi connectivity index (χ4n) is 9.20. The summed E-state index contributed by atoms with van der Waals surface area (Å²) in [6.07, 6.45) is 78.1. The molecule has 0 aliphatic carbocycles. The van der Waals surface area contributed by atoms with Crippen molar-refractivity contribution in [1.29, 1.82) is 0 Å². The third-order valence-electron chi connectivity index (χ3n) is 14.0. The number of hydrogen-bond donors (Lipinski definition) is 0. The second-order valence-electron chi connectivity index (χ2n) is 21.3. The fourth-order valence-corrected chi connectivity index (χ4v) is 9.20. The van der Waals surface area contributed by atoms with Gasteiger partial charge < -0.3 is 14.2 Å². The molecular weight excluding hydrogens is 901 g/mol. The van der Waals surface area contributed by atoms with Gasteiger partial charge in [0.15, 0.2) is 6.10 Å². The summed E-state index contributed by atoms with van der Waals surface area (Å²) in [6, 6.07) is 0. The van der Waals surface area contributed by atoms with Crippen LogP contribution in [0.4, 0.5) is 0 Å². The molecule has 0 aromatic rings. The highest BCUT2D eigenvalue weighted by Gasteiger charge is 2.19. The van der Waals surface area contributed by atoms with Gasteiger partial charge in [-0.1, -0.05) is 287 Å². The van der Waals surface area contributed by atoms with E-state index in [0.29, 0.717) is 19.3 Å². The summed E-state index contributed by atoms with van der Waals surface area (Å²) >= 11 is 0. The summed E-state index contributed by atoms with van der Waals surface area (Å²) in [5, 5.41) is 0. The van der Waals surface area contributed by atoms with E-state index in [1.165, 1.54) is 186 Å². The van der Waals surface area contributed by atoms with E-state index < -0.39 is 6.10 Å². The van der Waals surface area contributed by atoms with Crippen LogP contribution in [-0.2, 0) is 28.6 Å². The van der Waals surface area contributed by atoms with Gasteiger partial charge in [-0.3, -0.25) is 14.4 Å². The first-order chi connectivity index (χ1) is 36.0. The minimum Gasteiger partial charge on any atom is -0.462 e. The maximum absolute atomic E-state index is 12.8. The number of hydrogen-bond acceptors (Lipinski definition) is 6. The molecular formula is C67H120O6. The van der Waals surface area contributed by atoms with Crippen LogP contribution in [0.1, 0.15) is 329 Å². The van der Waals surface area contributed by atoms with Gasteiger partial charge in [0.2, 0.25) is 0 Å². The average molecular weight is 1020 g/mol. The van der Waals surface area contributed by atoms with Crippen LogP contribution in [0.3, 0.4) is 0 Å². The number of esters is 3. The van der Waals surface area contributed by atoms with Crippen LogP contribution in [0.25, 0.3) is 0 Å². The SMILES string of the molecule is CCC/C=C\C/C=C\CCCCCCCC(=O)OC(COC(=O)CCCCCCCCCCCCCCC)COC(=O)CCCCCCCCCCCCCCCC/C=C\C/C=C\C/C=C\CCCCCCC. The van der Waals surface area contributed by atoms with Gasteiger partial charge >= 0.3 is 17.9 Å². The summed E-state index contributed by atoms with van der Waals surface area (Å²) in [7, 11) is 0. The van der Waals surface area contributed by atoms with E-state index in [2.05, 4.69) is 81.5 Å². The van der Waals surface area contributed by atoms with Crippen molar-refractivity contribution < 1.29 is 28.6 Å². The molecule has 0 aliphatic rings. The maximum atomic E-state index is 12.8. The molecule has 0 N–H and O–H groups in total. The second kappa shape index (κ2) is 61.7. The molecule has 6 heteroatoms. The molecule has 0 spiro atoms. The van der Waals surface area contributed by atoms with Gasteiger partial charge in [0, 0.05) is 19.3 Å². The number of carbonyl (C=O) groups excluding carboxylic acids is 3. The zero-order valence-corrected chi connectivity index (χ0v) is 48.7. The van der Waals surface area contributed by atoms with E-state index in [1.807, 2.05) is 0 Å². The monoisotopic (exact) mass is 1020 g/mol. The molecule has 1 unspecified atom stereocenters. The Bertz CT molecular complexity index is 1310. The van der Waals surface area contributed by atoms with Crippen molar-refractivity contribution in [3.63, 3.8) is 0 Å². The van der Waals surface area contributed by atoms with Crippen molar-refractivity contribution in [3.05, 3.63) is 60.8 Å². The lowest BCUT2D eigenvalue weighted by Gasteiger charge is -2.18. The zero-order chi connectivity index (χ0) is 52.9. The first kappa shape index (κ1) is 70.1. The fraction of sp³-hybridized carbons (Fsp3) is 0.806. The number of ether oxygens (including phenoxy) is 3. The van der Waals surface area contributed by atoms with Gasteiger partial charge in [-0.05, 0) is 83.5 Å². The largest absolute Gasteiger partial charge is 0.462 e. The van der Waals surface area contributed by atoms with E-state index in [4.69, 9.17) is 14.2 Å². The molecule has 0 heterocycles. The molecule has 0 fully saturated rings. The third kappa shape index (κ3) is 59.9. The predicted octanol–water partition coefficient (Wildman–Crippen LogP) is 21.6. The van der Waals surface area contributed by atoms with Crippen molar-refractivity contribution in [1.82, 2.24) is 0 Å². The lowest BCUT2D eigenvalue weighted by Crippen LogP contribution is -2.30. The Morgan fingerprint density at radius 1 is 0.274 bits per heavy atom. The molecule has 0 aromatic heterocycles. The predicted molar refractivity (Wildman–Crippen MR) is 316 cm³/mol. The van der Waals surface area contributed by atoms with Crippen molar-refractivity contribution >= 4 is 17.9 Å². The Kier molecular flexibility index (Phi) is 59.2. The average Bonchev–Trinajstić information content (AvgIpc) is 3.39. The molecule has 0 bridgehead atoms. The van der Waals surface area contributed by atoms with Crippen molar-refractivity contribution in [3.8, 4) is 0 Å². The first-order valence-electron chi connectivity index (χ1n) is 31.8. The highest BCUT2D eigenvalue weighted by atomic mass is 16.6. The Morgan fingerprint density at radius 2 is 0.521 bits per heavy atom. The number of rotatable bonds is 58. The van der Waals surface area contributed by atoms with Crippen molar-refractivity contribution in [2.75, 3.05) is 13.2 Å². The minimum atomic E-state index is -0.779. The highest BCUT2D eigenvalue weighted by Crippen LogP contribution is 2.17. The Hall–Kier alpha value is -2.89. The lowest BCUT2D eigenvalue weighted by atomic mass is 10.0. The summed E-state index contributed by atoms with van der Waals surface area (Å²) in [4.78, 5) is 38.2. The molecule has 6 nitrogen and oxygen atoms in total. The third-order valence-corrected chi connectivity index (χ3v) is 14.0. The summed E-state index contributed by atoms with van der Waals surface area (Å²) < 4.78 is 16.9. The van der Waals surface area contributed by atoms with Gasteiger partial charge in [-0.25, -0.2) is 0 Å². The number of unbranched alkanes of at least 4 members (excludes halogenated alkanes) is 37. The Morgan fingerprint density at radius 3 is 0.822 bits per heavy atom. The molecule has 0 saturated carbocycles. The standard InChI is InChI=1S/C67H120O6/c1-4-7-10-13-16-19-22-25-26-27-28-29-30-31-32-33-34-35-36-37-38-39-40-43-45-48-51-54-57-60-66(69)72-63-64(73-67(70)61-58-55-52-49-46-42-24-21-18-15-12-9-6-3)62-71-65(68)59-56-53-50-47-44-41-23-20-17-14-11-8-5-2/h12,15,21-22,24-25,27-28,30-31,64H,4-11,13-14,16-20,23,26,29,32-63H2,1-3H3/b15-12-,24-21-,25-22-,28-27-,31-30-. The first-order valence-corrected chi connectivity index (χ1v) is 31.8. The van der Waals surface area contributed by atoms with Crippen LogP contribution in [-0.4, -0.2) is 37.2 Å². The van der Waals surface area contributed by atoms with Crippen molar-refractivity contribution in [2.24, 2.45) is 0 Å². The lowest BCUT2D eigenvalue weighted by molar-refractivity contribution is -0.167. The van der Waals surface area contributed by atoms with Crippen LogP contribution in [0.5, 0.6) is 0 Å². The molecule has 1 atom stereocenters. The Labute approximate surface area is 453 Å². The summed E-state index contributed by atoms with van der Waals surface area (Å²) in [5.74, 6) is -0.876. The van der Waals surface area contributed by atoms with Crippen LogP contribution in [0.15, 0.2) is 60.8 Å². The zero-order valence-electron chi connectivity index (χ0n) is 48.7. The molecule has 0 aromatic carbocycles. The van der Waals surface area contributed by atoms with Gasteiger partial charge in [0.25, 0.3) is 0 Å². The van der Waals surface area contributed by atoms with Crippen molar-refractivity contribution in [2.45, 2.75) is 335 Å². The quantitative estimate of drug-likeness (QED) is 0.0261. The molecule has 0 aliphatic heterocycles. The summed E-state index contributed by atoms with van der Waals surface area (Å²) in [5.41, 5.74) is 0. The van der Waals surface area contributed by atoms with E-state index in [-0.39, 0.29) is 31.1 Å². The maximum Gasteiger partial charge on any atom is 0.306 e. The van der Waals surface area contributed by atoms with E-state index in [1.54, 1.807) is 0 Å². The molecule has 0 radical (unpaired) electrons. The van der Waals surface area contributed by atoms with Crippen LogP contribution >= 0.6 is 0 Å². The van der Waals surface area contributed by atoms with Gasteiger partial charge in [-0.15, -0.1) is 0 Å². The molecule has 424 valence electrons. The minimum absolute atomic E-state index is 0.0764. The smallest absolute Gasteiger partial charge is 0.306 e. The molecule has 0 saturated heterocycles. The number of carbonyl (C=O) groups is 3. The highest BCUT2D eigenvalue weighted by molar-refractivity contribution is 5.71. The normalized spacial score (nSPS) is 12.4. The summed E-state index contributed by atoms with van der Waals surface area (Å²) in [6.45, 7) is 6.59. The van der Waals surface area contributed by atoms with Crippen LogP contribution < -0.4 is 0 Å². The van der Waals surface area contributed by atoms with Gasteiger partial charge in [-0.2, -0.15) is 0 Å². The van der Waals surface area contributed by atoms with Gasteiger partial charge in [0.05, 0.1) is 0 Å². The van der Waals surface area contributed by atoms with E-state index >= 15 is 0 Å². The van der Waals surface area contributed by atoms with Gasteiger partial charge in [0.1, 0.15) is 13.2 Å². The van der Waals surface area contributed by atoms with Crippen LogP contribution in [0.2, 0.25) is 0 Å². The van der Waals surface area contributed by atoms with Crippen LogP contribution in [0, 0.1) is 0 Å². The Balaban J connectivity index is 4.17. The van der Waals surface area contributed by atoms with E-state index in [0.717, 1.165) is 103 Å². The number of allylic oxidation sites excluding steroid dienone is 10. The van der Waals surface area contributed by atoms with E-state index in [9.17, 15) is 14.4 Å². The topological polar surface area (TPSA) is 78.9 Å². The molecule has 0 amide bonds.